The zero-order valence-corrected chi connectivity index (χ0v) is 18.4. The van der Waals surface area contributed by atoms with Crippen LogP contribution in [0.25, 0.3) is 11.4 Å². The van der Waals surface area contributed by atoms with Gasteiger partial charge in [0.05, 0.1) is 11.3 Å². The first-order valence-corrected chi connectivity index (χ1v) is 11.2. The minimum atomic E-state index is -0.249. The number of nitrogens with one attached hydrogen (secondary N) is 1. The summed E-state index contributed by atoms with van der Waals surface area (Å²) in [5, 5.41) is 6.97. The number of anilines is 1. The number of nitrogens with zero attached hydrogens (tertiary/aromatic N) is 4. The zero-order chi connectivity index (χ0) is 23.3. The number of piperidine rings is 1. The van der Waals surface area contributed by atoms with E-state index < -0.39 is 0 Å². The maximum atomic E-state index is 13.3. The Bertz CT molecular complexity index is 1280. The molecule has 0 radical (unpaired) electrons. The minimum Gasteiger partial charge on any atom is -0.339 e. The summed E-state index contributed by atoms with van der Waals surface area (Å²) in [6.07, 6.45) is 4.83. The van der Waals surface area contributed by atoms with Gasteiger partial charge in [0.2, 0.25) is 11.7 Å². The van der Waals surface area contributed by atoms with Crippen LogP contribution >= 0.6 is 0 Å². The second kappa shape index (κ2) is 9.66. The Hall–Kier alpha value is -4.33. The number of carbonyl (C=O) groups excluding carboxylic acids is 2. The zero-order valence-electron chi connectivity index (χ0n) is 18.4. The van der Waals surface area contributed by atoms with E-state index in [1.54, 1.807) is 60.9 Å². The van der Waals surface area contributed by atoms with Gasteiger partial charge in [-0.05, 0) is 49.2 Å². The Morgan fingerprint density at radius 2 is 1.62 bits per heavy atom. The minimum absolute atomic E-state index is 0.0974. The first-order valence-electron chi connectivity index (χ1n) is 11.2. The molecular formula is C26H23N5O3. The van der Waals surface area contributed by atoms with E-state index in [2.05, 4.69) is 20.4 Å². The molecule has 0 aliphatic carbocycles. The average molecular weight is 454 g/mol. The van der Waals surface area contributed by atoms with Gasteiger partial charge < -0.3 is 14.7 Å². The van der Waals surface area contributed by atoms with Crippen molar-refractivity contribution in [1.82, 2.24) is 20.0 Å². The quantitative estimate of drug-likeness (QED) is 0.481. The fraction of sp³-hybridized carbons (Fsp3) is 0.192. The smallest absolute Gasteiger partial charge is 0.255 e. The lowest BCUT2D eigenvalue weighted by molar-refractivity contribution is 0.0705. The molecule has 1 saturated heterocycles. The van der Waals surface area contributed by atoms with Crippen molar-refractivity contribution in [1.29, 1.82) is 0 Å². The van der Waals surface area contributed by atoms with Gasteiger partial charge in [0.25, 0.3) is 11.8 Å². The lowest BCUT2D eigenvalue weighted by Gasteiger charge is -2.31. The van der Waals surface area contributed by atoms with E-state index in [-0.39, 0.29) is 17.7 Å². The molecule has 4 aromatic rings. The predicted molar refractivity (Wildman–Crippen MR) is 126 cm³/mol. The number of likely N-dealkylation sites (tertiary alicyclic amines) is 1. The molecule has 0 spiro atoms. The van der Waals surface area contributed by atoms with Gasteiger partial charge in [-0.25, -0.2) is 0 Å². The molecule has 0 bridgehead atoms. The summed E-state index contributed by atoms with van der Waals surface area (Å²) in [6.45, 7) is 1.13. The number of amides is 2. The van der Waals surface area contributed by atoms with E-state index in [1.165, 1.54) is 0 Å². The molecule has 2 aromatic heterocycles. The number of hydrogen-bond acceptors (Lipinski definition) is 6. The maximum Gasteiger partial charge on any atom is 0.255 e. The molecule has 2 amide bonds. The highest BCUT2D eigenvalue weighted by Gasteiger charge is 2.29. The third-order valence-corrected chi connectivity index (χ3v) is 5.95. The van der Waals surface area contributed by atoms with E-state index in [1.807, 2.05) is 23.1 Å². The summed E-state index contributed by atoms with van der Waals surface area (Å²) in [5.74, 6) is 0.875. The number of rotatable bonds is 5. The molecule has 0 saturated carbocycles. The van der Waals surface area contributed by atoms with Crippen LogP contribution in [0.15, 0.2) is 83.6 Å². The molecular weight excluding hydrogens is 430 g/mol. The van der Waals surface area contributed by atoms with E-state index in [4.69, 9.17) is 4.52 Å². The Labute approximate surface area is 196 Å². The van der Waals surface area contributed by atoms with Crippen LogP contribution in [0.3, 0.4) is 0 Å². The van der Waals surface area contributed by atoms with Crippen molar-refractivity contribution < 1.29 is 14.1 Å². The molecule has 3 heterocycles. The largest absolute Gasteiger partial charge is 0.339 e. The summed E-state index contributed by atoms with van der Waals surface area (Å²) >= 11 is 0. The first kappa shape index (κ1) is 21.5. The molecule has 0 unspecified atom stereocenters. The number of benzene rings is 2. The van der Waals surface area contributed by atoms with Crippen LogP contribution in [-0.4, -0.2) is 44.9 Å². The molecule has 8 nitrogen and oxygen atoms in total. The van der Waals surface area contributed by atoms with Crippen molar-refractivity contribution in [3.8, 4) is 11.4 Å². The standard InChI is InChI=1S/C26H23N5O3/c32-24(19-6-2-1-3-7-19)28-22-9-5-4-8-21(22)26(33)31-16-12-20(13-17-31)25-29-23(30-34-25)18-10-14-27-15-11-18/h1-11,14-15,20H,12-13,16-17H2,(H,28,32). The molecule has 34 heavy (non-hydrogen) atoms. The van der Waals surface area contributed by atoms with Crippen LogP contribution in [-0.2, 0) is 0 Å². The van der Waals surface area contributed by atoms with Crippen molar-refractivity contribution in [3.05, 3.63) is 96.1 Å². The van der Waals surface area contributed by atoms with Crippen LogP contribution < -0.4 is 5.32 Å². The highest BCUT2D eigenvalue weighted by Crippen LogP contribution is 2.30. The second-order valence-electron chi connectivity index (χ2n) is 8.12. The second-order valence-corrected chi connectivity index (χ2v) is 8.12. The van der Waals surface area contributed by atoms with Crippen LogP contribution in [0, 0.1) is 0 Å². The molecule has 1 aliphatic rings. The van der Waals surface area contributed by atoms with E-state index in [9.17, 15) is 9.59 Å². The summed E-state index contributed by atoms with van der Waals surface area (Å²) in [4.78, 5) is 36.3. The van der Waals surface area contributed by atoms with Crippen LogP contribution in [0.1, 0.15) is 45.4 Å². The summed E-state index contributed by atoms with van der Waals surface area (Å²) in [6, 6.07) is 19.7. The van der Waals surface area contributed by atoms with E-state index >= 15 is 0 Å². The average Bonchev–Trinajstić information content (AvgIpc) is 3.40. The Balaban J connectivity index is 1.24. The van der Waals surface area contributed by atoms with Crippen molar-refractivity contribution >= 4 is 17.5 Å². The number of para-hydroxylation sites is 1. The van der Waals surface area contributed by atoms with Gasteiger partial charge >= 0.3 is 0 Å². The van der Waals surface area contributed by atoms with Gasteiger partial charge in [0.1, 0.15) is 0 Å². The molecule has 170 valence electrons. The Kier molecular flexibility index (Phi) is 6.11. The third-order valence-electron chi connectivity index (χ3n) is 5.95. The summed E-state index contributed by atoms with van der Waals surface area (Å²) in [7, 11) is 0. The lowest BCUT2D eigenvalue weighted by atomic mass is 9.96. The van der Waals surface area contributed by atoms with Crippen molar-refractivity contribution in [2.75, 3.05) is 18.4 Å². The highest BCUT2D eigenvalue weighted by molar-refractivity contribution is 6.09. The molecule has 0 atom stereocenters. The maximum absolute atomic E-state index is 13.3. The van der Waals surface area contributed by atoms with Gasteiger partial charge in [-0.1, -0.05) is 35.5 Å². The molecule has 8 heteroatoms. The normalized spacial score (nSPS) is 14.1. The van der Waals surface area contributed by atoms with Crippen LogP contribution in [0.2, 0.25) is 0 Å². The number of pyridine rings is 1. The fourth-order valence-corrected chi connectivity index (χ4v) is 4.08. The third kappa shape index (κ3) is 4.56. The lowest BCUT2D eigenvalue weighted by Crippen LogP contribution is -2.38. The number of carbonyl (C=O) groups is 2. The summed E-state index contributed by atoms with van der Waals surface area (Å²) in [5.41, 5.74) is 2.37. The van der Waals surface area contributed by atoms with Crippen molar-refractivity contribution in [2.45, 2.75) is 18.8 Å². The van der Waals surface area contributed by atoms with Gasteiger partial charge in [-0.3, -0.25) is 14.6 Å². The Morgan fingerprint density at radius 1 is 0.912 bits per heavy atom. The monoisotopic (exact) mass is 453 g/mol. The van der Waals surface area contributed by atoms with Gasteiger partial charge in [-0.15, -0.1) is 0 Å². The van der Waals surface area contributed by atoms with Crippen LogP contribution in [0.5, 0.6) is 0 Å². The molecule has 2 aromatic carbocycles. The molecule has 1 fully saturated rings. The van der Waals surface area contributed by atoms with Gasteiger partial charge in [0, 0.05) is 42.5 Å². The van der Waals surface area contributed by atoms with Gasteiger partial charge in [0.15, 0.2) is 0 Å². The van der Waals surface area contributed by atoms with Crippen LogP contribution in [0.4, 0.5) is 5.69 Å². The SMILES string of the molecule is O=C(Nc1ccccc1C(=O)N1CCC(c2nc(-c3ccncc3)no2)CC1)c1ccccc1. The fourth-order valence-electron chi connectivity index (χ4n) is 4.08. The number of hydrogen-bond donors (Lipinski definition) is 1. The molecule has 1 aliphatic heterocycles. The van der Waals surface area contributed by atoms with Crippen molar-refractivity contribution in [2.24, 2.45) is 0 Å². The first-order chi connectivity index (χ1) is 16.7. The number of aromatic nitrogens is 3. The molecule has 1 N–H and O–H groups in total. The summed E-state index contributed by atoms with van der Waals surface area (Å²) < 4.78 is 5.51. The predicted octanol–water partition coefficient (Wildman–Crippen LogP) is 4.40. The Morgan fingerprint density at radius 3 is 2.38 bits per heavy atom. The van der Waals surface area contributed by atoms with E-state index in [0.717, 1.165) is 18.4 Å². The molecule has 5 rings (SSSR count). The van der Waals surface area contributed by atoms with E-state index in [0.29, 0.717) is 41.6 Å². The van der Waals surface area contributed by atoms with Gasteiger partial charge in [-0.2, -0.15) is 4.98 Å². The van der Waals surface area contributed by atoms with Crippen molar-refractivity contribution in [3.63, 3.8) is 0 Å². The highest BCUT2D eigenvalue weighted by atomic mass is 16.5. The topological polar surface area (TPSA) is 101 Å².